The molecule has 32 heavy (non-hydrogen) atoms. The Morgan fingerprint density at radius 1 is 0.906 bits per heavy atom. The molecule has 1 aliphatic carbocycles. The van der Waals surface area contributed by atoms with Gasteiger partial charge in [-0.15, -0.1) is 0 Å². The first-order chi connectivity index (χ1) is 15.3. The quantitative estimate of drug-likeness (QED) is 0.540. The number of rotatable bonds is 4. The van der Waals surface area contributed by atoms with E-state index in [-0.39, 0.29) is 17.4 Å². The fraction of sp³-hybridized carbons (Fsp3) is 0.480. The summed E-state index contributed by atoms with van der Waals surface area (Å²) in [5, 5.41) is 0.541. The molecule has 1 aliphatic heterocycles. The van der Waals surface area contributed by atoms with Crippen molar-refractivity contribution in [2.45, 2.75) is 44.3 Å². The molecule has 4 rings (SSSR count). The van der Waals surface area contributed by atoms with Crippen LogP contribution in [0.15, 0.2) is 48.5 Å². The fourth-order valence-corrected chi connectivity index (χ4v) is 5.16. The molecule has 1 atom stereocenters. The lowest BCUT2D eigenvalue weighted by Crippen LogP contribution is -2.51. The molecule has 2 aromatic carbocycles. The molecule has 0 radical (unpaired) electrons. The first-order valence-corrected chi connectivity index (χ1v) is 11.7. The Kier molecular flexibility index (Phi) is 7.11. The molecule has 1 saturated carbocycles. The molecule has 1 saturated heterocycles. The van der Waals surface area contributed by atoms with E-state index in [2.05, 4.69) is 4.90 Å². The molecule has 0 spiro atoms. The van der Waals surface area contributed by atoms with Crippen LogP contribution in [0.4, 0.5) is 13.2 Å². The predicted molar refractivity (Wildman–Crippen MR) is 119 cm³/mol. The lowest BCUT2D eigenvalue weighted by atomic mass is 9.88. The Morgan fingerprint density at radius 2 is 1.53 bits per heavy atom. The summed E-state index contributed by atoms with van der Waals surface area (Å²) >= 11 is 6.04. The largest absolute Gasteiger partial charge is 0.416 e. The number of carbonyl (C=O) groups excluding carboxylic acids is 1. The van der Waals surface area contributed by atoms with Gasteiger partial charge in [0.05, 0.1) is 11.6 Å². The zero-order valence-corrected chi connectivity index (χ0v) is 18.7. The third-order valence-electron chi connectivity index (χ3n) is 6.69. The van der Waals surface area contributed by atoms with Crippen LogP contribution >= 0.6 is 11.6 Å². The Bertz CT molecular complexity index is 918. The third kappa shape index (κ3) is 5.12. The van der Waals surface area contributed by atoms with Crippen molar-refractivity contribution < 1.29 is 18.0 Å². The van der Waals surface area contributed by atoms with Gasteiger partial charge in [-0.1, -0.05) is 61.2 Å². The van der Waals surface area contributed by atoms with Crippen molar-refractivity contribution in [3.8, 4) is 0 Å². The van der Waals surface area contributed by atoms with Crippen molar-refractivity contribution in [1.29, 1.82) is 0 Å². The first-order valence-electron chi connectivity index (χ1n) is 11.3. The Labute approximate surface area is 192 Å². The second-order valence-corrected chi connectivity index (χ2v) is 9.17. The van der Waals surface area contributed by atoms with Crippen LogP contribution in [0.5, 0.6) is 0 Å². The van der Waals surface area contributed by atoms with E-state index in [0.717, 1.165) is 37.3 Å². The molecule has 172 valence electrons. The van der Waals surface area contributed by atoms with Crippen molar-refractivity contribution in [2.75, 3.05) is 26.2 Å². The van der Waals surface area contributed by atoms with Gasteiger partial charge in [0.15, 0.2) is 0 Å². The number of halogens is 4. The summed E-state index contributed by atoms with van der Waals surface area (Å²) in [6, 6.07) is 12.2. The predicted octanol–water partition coefficient (Wildman–Crippen LogP) is 6.17. The van der Waals surface area contributed by atoms with Gasteiger partial charge in [-0.3, -0.25) is 9.69 Å². The third-order valence-corrected chi connectivity index (χ3v) is 6.94. The van der Waals surface area contributed by atoms with Crippen molar-refractivity contribution >= 4 is 17.5 Å². The van der Waals surface area contributed by atoms with Crippen molar-refractivity contribution in [2.24, 2.45) is 5.92 Å². The maximum atomic E-state index is 13.8. The van der Waals surface area contributed by atoms with Crippen LogP contribution in [0.3, 0.4) is 0 Å². The van der Waals surface area contributed by atoms with E-state index in [9.17, 15) is 18.0 Å². The molecule has 2 aliphatic rings. The second-order valence-electron chi connectivity index (χ2n) is 8.74. The monoisotopic (exact) mass is 464 g/mol. The number of hydrogen-bond donors (Lipinski definition) is 0. The average Bonchev–Trinajstić information content (AvgIpc) is 2.81. The highest BCUT2D eigenvalue weighted by Gasteiger charge is 2.38. The Morgan fingerprint density at radius 3 is 2.16 bits per heavy atom. The van der Waals surface area contributed by atoms with Crippen molar-refractivity contribution in [3.05, 3.63) is 70.2 Å². The van der Waals surface area contributed by atoms with Gasteiger partial charge in [0.1, 0.15) is 0 Å². The van der Waals surface area contributed by atoms with Gasteiger partial charge in [0.25, 0.3) is 0 Å². The van der Waals surface area contributed by atoms with E-state index in [1.807, 2.05) is 4.90 Å². The lowest BCUT2D eigenvalue weighted by molar-refractivity contribution is -0.139. The number of amides is 1. The van der Waals surface area contributed by atoms with Crippen molar-refractivity contribution in [3.63, 3.8) is 0 Å². The van der Waals surface area contributed by atoms with E-state index in [4.69, 9.17) is 11.6 Å². The number of benzene rings is 2. The number of carbonyl (C=O) groups is 1. The second kappa shape index (κ2) is 9.84. The summed E-state index contributed by atoms with van der Waals surface area (Å²) in [6.07, 6.45) is 0.849. The maximum Gasteiger partial charge on any atom is 0.416 e. The van der Waals surface area contributed by atoms with Crippen LogP contribution in [0, 0.1) is 5.92 Å². The minimum absolute atomic E-state index is 0.105. The van der Waals surface area contributed by atoms with Gasteiger partial charge in [0, 0.05) is 37.1 Å². The molecule has 0 aromatic heterocycles. The summed E-state index contributed by atoms with van der Waals surface area (Å²) < 4.78 is 41.5. The molecule has 0 N–H and O–H groups in total. The highest BCUT2D eigenvalue weighted by Crippen LogP contribution is 2.39. The van der Waals surface area contributed by atoms with E-state index in [0.29, 0.717) is 31.2 Å². The first kappa shape index (κ1) is 23.1. The van der Waals surface area contributed by atoms with Gasteiger partial charge in [-0.25, -0.2) is 0 Å². The zero-order valence-electron chi connectivity index (χ0n) is 18.0. The average molecular weight is 465 g/mol. The number of nitrogens with zero attached hydrogens (tertiary/aromatic N) is 2. The van der Waals surface area contributed by atoms with Crippen LogP contribution in [-0.4, -0.2) is 41.9 Å². The summed E-state index contributed by atoms with van der Waals surface area (Å²) in [4.78, 5) is 16.9. The summed E-state index contributed by atoms with van der Waals surface area (Å²) in [6.45, 7) is 2.12. The molecular formula is C25H28ClF3N2O. The van der Waals surface area contributed by atoms with Crippen molar-refractivity contribution in [1.82, 2.24) is 9.80 Å². The van der Waals surface area contributed by atoms with E-state index < -0.39 is 17.8 Å². The number of hydrogen-bond acceptors (Lipinski definition) is 2. The van der Waals surface area contributed by atoms with Crippen LogP contribution in [0.1, 0.15) is 54.8 Å². The summed E-state index contributed by atoms with van der Waals surface area (Å²) in [5.74, 6) is 0.316. The zero-order chi connectivity index (χ0) is 22.7. The highest BCUT2D eigenvalue weighted by molar-refractivity contribution is 6.30. The van der Waals surface area contributed by atoms with Gasteiger partial charge >= 0.3 is 6.18 Å². The Balaban J connectivity index is 1.59. The minimum Gasteiger partial charge on any atom is -0.340 e. The van der Waals surface area contributed by atoms with Gasteiger partial charge in [-0.2, -0.15) is 13.2 Å². The molecule has 3 nitrogen and oxygen atoms in total. The van der Waals surface area contributed by atoms with E-state index in [1.165, 1.54) is 12.5 Å². The van der Waals surface area contributed by atoms with E-state index >= 15 is 0 Å². The summed E-state index contributed by atoms with van der Waals surface area (Å²) in [5.41, 5.74) is 0.369. The Hall–Kier alpha value is -2.05. The fourth-order valence-electron chi connectivity index (χ4n) is 5.03. The summed E-state index contributed by atoms with van der Waals surface area (Å²) in [7, 11) is 0. The molecule has 0 bridgehead atoms. The topological polar surface area (TPSA) is 23.6 Å². The van der Waals surface area contributed by atoms with Crippen LogP contribution < -0.4 is 0 Å². The molecule has 1 unspecified atom stereocenters. The molecule has 1 amide bonds. The maximum absolute atomic E-state index is 13.8. The lowest BCUT2D eigenvalue weighted by Gasteiger charge is -2.41. The molecule has 7 heteroatoms. The van der Waals surface area contributed by atoms with Crippen LogP contribution in [0.2, 0.25) is 5.02 Å². The highest BCUT2D eigenvalue weighted by atomic mass is 35.5. The molecule has 1 heterocycles. The van der Waals surface area contributed by atoms with Gasteiger partial charge < -0.3 is 4.90 Å². The van der Waals surface area contributed by atoms with Crippen LogP contribution in [-0.2, 0) is 11.0 Å². The smallest absolute Gasteiger partial charge is 0.340 e. The van der Waals surface area contributed by atoms with E-state index in [1.54, 1.807) is 36.4 Å². The normalized spacial score (nSPS) is 19.7. The van der Waals surface area contributed by atoms with Gasteiger partial charge in [-0.05, 0) is 42.2 Å². The molecule has 2 aromatic rings. The standard InChI is InChI=1S/C25H28ClF3N2O/c26-20-12-10-18(11-13-20)23(21-8-4-5-9-22(21)25(27,28)29)30-14-16-31(17-15-30)24(32)19-6-2-1-3-7-19/h4-5,8-13,19,23H,1-3,6-7,14-17H2. The van der Waals surface area contributed by atoms with Crippen LogP contribution in [0.25, 0.3) is 0 Å². The number of piperazine rings is 1. The molecule has 2 fully saturated rings. The molecular weight excluding hydrogens is 437 g/mol. The number of alkyl halides is 3. The minimum atomic E-state index is -4.44. The van der Waals surface area contributed by atoms with Gasteiger partial charge in [0.2, 0.25) is 5.91 Å². The SMILES string of the molecule is O=C(C1CCCCC1)N1CCN(C(c2ccc(Cl)cc2)c2ccccc2C(F)(F)F)CC1.